The summed E-state index contributed by atoms with van der Waals surface area (Å²) in [5, 5.41) is 14.7. The van der Waals surface area contributed by atoms with Gasteiger partial charge in [-0.1, -0.05) is 56.6 Å². The predicted molar refractivity (Wildman–Crippen MR) is 198 cm³/mol. The van der Waals surface area contributed by atoms with Gasteiger partial charge in [0.1, 0.15) is 11.3 Å². The van der Waals surface area contributed by atoms with Gasteiger partial charge in [0.25, 0.3) is 17.0 Å². The molecule has 0 radical (unpaired) electrons. The van der Waals surface area contributed by atoms with Crippen LogP contribution in [-0.2, 0) is 30.8 Å². The molecule has 0 aromatic carbocycles. The fourth-order valence-corrected chi connectivity index (χ4v) is 7.91. The van der Waals surface area contributed by atoms with Crippen LogP contribution >= 0.6 is 31.9 Å². The summed E-state index contributed by atoms with van der Waals surface area (Å²) in [4.78, 5) is 52.9. The molecule has 266 valence electrons. The Balaban J connectivity index is 1.14. The normalized spacial score (nSPS) is 16.2. The number of aryl methyl sites for hydroxylation is 3. The van der Waals surface area contributed by atoms with E-state index in [9.17, 15) is 19.2 Å². The average Bonchev–Trinajstić information content (AvgIpc) is 3.24. The molecule has 5 rings (SSSR count). The first-order valence-electron chi connectivity index (χ1n) is 17.9. The lowest BCUT2D eigenvalue weighted by molar-refractivity contribution is -0.120. The topological polar surface area (TPSA) is 133 Å². The summed E-state index contributed by atoms with van der Waals surface area (Å²) in [7, 11) is 0. The number of nitrogens with one attached hydrogen (secondary N) is 2. The number of carbonyl (C=O) groups is 2. The minimum absolute atomic E-state index is 0.0458. The standard InChI is InChI=1S/C36H49Br2N7O4/c1-24-31(38)23-43(36(49)32(24)40-33(46)26-13-7-3-4-8-14-26)18-11-17-28-22-44(42-41-28)19-12-20-45-25(2)30(37)21-29(35(45)48)34(47)39-27-15-9-5-6-10-16-27/h21-23,26-27H,3-20H2,1-2H3,(H,39,47)(H,40,46). The van der Waals surface area contributed by atoms with Crippen molar-refractivity contribution in [3.05, 3.63) is 70.6 Å². The lowest BCUT2D eigenvalue weighted by atomic mass is 9.99. The number of amides is 2. The number of pyridine rings is 2. The molecular formula is C36H49Br2N7O4. The zero-order valence-electron chi connectivity index (χ0n) is 28.7. The van der Waals surface area contributed by atoms with Gasteiger partial charge in [0.15, 0.2) is 0 Å². The van der Waals surface area contributed by atoms with E-state index < -0.39 is 0 Å². The first-order valence-corrected chi connectivity index (χ1v) is 19.5. The molecule has 3 heterocycles. The Labute approximate surface area is 304 Å². The van der Waals surface area contributed by atoms with Crippen LogP contribution in [0, 0.1) is 19.8 Å². The molecule has 2 aliphatic rings. The molecule has 49 heavy (non-hydrogen) atoms. The molecule has 3 aromatic heterocycles. The van der Waals surface area contributed by atoms with Crippen molar-refractivity contribution in [2.24, 2.45) is 5.92 Å². The third-order valence-electron chi connectivity index (χ3n) is 10.1. The largest absolute Gasteiger partial charge is 0.349 e. The molecule has 0 saturated heterocycles. The number of nitrogens with zero attached hydrogens (tertiary/aromatic N) is 5. The van der Waals surface area contributed by atoms with Gasteiger partial charge in [-0.15, -0.1) is 5.10 Å². The van der Waals surface area contributed by atoms with Gasteiger partial charge in [-0.25, -0.2) is 0 Å². The van der Waals surface area contributed by atoms with Crippen molar-refractivity contribution in [3.63, 3.8) is 0 Å². The van der Waals surface area contributed by atoms with Gasteiger partial charge in [-0.2, -0.15) is 0 Å². The minimum Gasteiger partial charge on any atom is -0.349 e. The lowest BCUT2D eigenvalue weighted by Gasteiger charge is -2.18. The first-order chi connectivity index (χ1) is 23.6. The van der Waals surface area contributed by atoms with Crippen molar-refractivity contribution in [2.45, 2.75) is 136 Å². The number of aromatic nitrogens is 5. The van der Waals surface area contributed by atoms with E-state index in [0.29, 0.717) is 44.6 Å². The average molecular weight is 804 g/mol. The van der Waals surface area contributed by atoms with Gasteiger partial charge in [0.05, 0.1) is 5.69 Å². The van der Waals surface area contributed by atoms with Crippen LogP contribution in [-0.4, -0.2) is 42.0 Å². The van der Waals surface area contributed by atoms with Crippen LogP contribution in [0.15, 0.2) is 37.0 Å². The van der Waals surface area contributed by atoms with Gasteiger partial charge in [-0.05, 0) is 102 Å². The number of rotatable bonds is 12. The third kappa shape index (κ3) is 9.80. The Morgan fingerprint density at radius 3 is 2.20 bits per heavy atom. The van der Waals surface area contributed by atoms with Crippen LogP contribution < -0.4 is 21.8 Å². The maximum Gasteiger partial charge on any atom is 0.274 e. The minimum atomic E-state index is -0.302. The van der Waals surface area contributed by atoms with Gasteiger partial charge in [-0.3, -0.25) is 23.9 Å². The molecule has 2 amide bonds. The molecule has 3 aromatic rings. The van der Waals surface area contributed by atoms with Crippen LogP contribution in [0.25, 0.3) is 0 Å². The zero-order valence-corrected chi connectivity index (χ0v) is 31.9. The maximum absolute atomic E-state index is 13.4. The van der Waals surface area contributed by atoms with Crippen molar-refractivity contribution in [1.82, 2.24) is 29.4 Å². The number of halogens is 2. The molecule has 2 aliphatic carbocycles. The zero-order chi connectivity index (χ0) is 34.9. The highest BCUT2D eigenvalue weighted by Gasteiger charge is 2.23. The second-order valence-corrected chi connectivity index (χ2v) is 15.4. The molecule has 0 atom stereocenters. The fraction of sp³-hybridized carbons (Fsp3) is 0.611. The molecule has 11 nitrogen and oxygen atoms in total. The van der Waals surface area contributed by atoms with Crippen LogP contribution in [0.4, 0.5) is 5.69 Å². The molecule has 0 spiro atoms. The highest BCUT2D eigenvalue weighted by Crippen LogP contribution is 2.26. The fourth-order valence-electron chi connectivity index (χ4n) is 7.02. The Morgan fingerprint density at radius 2 is 1.51 bits per heavy atom. The molecule has 0 bridgehead atoms. The van der Waals surface area contributed by atoms with Crippen molar-refractivity contribution >= 4 is 49.4 Å². The monoisotopic (exact) mass is 801 g/mol. The van der Waals surface area contributed by atoms with Gasteiger partial charge >= 0.3 is 0 Å². The first kappa shape index (κ1) is 37.2. The Hall–Kier alpha value is -3.06. The Morgan fingerprint density at radius 1 is 0.837 bits per heavy atom. The number of anilines is 1. The molecule has 2 saturated carbocycles. The highest BCUT2D eigenvalue weighted by molar-refractivity contribution is 9.10. The SMILES string of the molecule is Cc1c(Br)cn(CCCc2cn(CCCn3c(C)c(Br)cc(C(=O)NC4CCCCCC4)c3=O)nn2)c(=O)c1NC(=O)C1CCCCCC1. The smallest absolute Gasteiger partial charge is 0.274 e. The van der Waals surface area contributed by atoms with E-state index in [1.165, 1.54) is 12.8 Å². The third-order valence-corrected chi connectivity index (χ3v) is 11.7. The Bertz CT molecular complexity index is 1730. The van der Waals surface area contributed by atoms with Crippen molar-refractivity contribution in [2.75, 3.05) is 5.32 Å². The van der Waals surface area contributed by atoms with Crippen LogP contribution in [0.5, 0.6) is 0 Å². The summed E-state index contributed by atoms with van der Waals surface area (Å²) in [5.74, 6) is -0.405. The summed E-state index contributed by atoms with van der Waals surface area (Å²) < 4.78 is 6.59. The summed E-state index contributed by atoms with van der Waals surface area (Å²) in [6.45, 7) is 5.19. The molecule has 0 aliphatic heterocycles. The molecule has 2 N–H and O–H groups in total. The van der Waals surface area contributed by atoms with Crippen molar-refractivity contribution in [3.8, 4) is 0 Å². The van der Waals surface area contributed by atoms with E-state index in [4.69, 9.17) is 0 Å². The van der Waals surface area contributed by atoms with Crippen molar-refractivity contribution in [1.29, 1.82) is 0 Å². The molecule has 2 fully saturated rings. The Kier molecular flexibility index (Phi) is 13.5. The van der Waals surface area contributed by atoms with E-state index in [1.54, 1.807) is 26.1 Å². The summed E-state index contributed by atoms with van der Waals surface area (Å²) >= 11 is 7.13. The van der Waals surface area contributed by atoms with Gasteiger partial charge in [0.2, 0.25) is 5.91 Å². The summed E-state index contributed by atoms with van der Waals surface area (Å²) in [6, 6.07) is 1.76. The lowest BCUT2D eigenvalue weighted by Crippen LogP contribution is -2.39. The van der Waals surface area contributed by atoms with Gasteiger partial charge < -0.3 is 19.8 Å². The number of hydrogen-bond donors (Lipinski definition) is 2. The molecule has 13 heteroatoms. The second kappa shape index (κ2) is 17.7. The summed E-state index contributed by atoms with van der Waals surface area (Å²) in [6.07, 6.45) is 18.3. The molecular weight excluding hydrogens is 754 g/mol. The predicted octanol–water partition coefficient (Wildman–Crippen LogP) is 6.83. The van der Waals surface area contributed by atoms with E-state index >= 15 is 0 Å². The van der Waals surface area contributed by atoms with Crippen LogP contribution in [0.1, 0.15) is 117 Å². The van der Waals surface area contributed by atoms with E-state index in [-0.39, 0.29) is 40.5 Å². The van der Waals surface area contributed by atoms with E-state index in [0.717, 1.165) is 90.1 Å². The van der Waals surface area contributed by atoms with Crippen LogP contribution in [0.2, 0.25) is 0 Å². The highest BCUT2D eigenvalue weighted by atomic mass is 79.9. The number of carbonyl (C=O) groups excluding carboxylic acids is 2. The summed E-state index contributed by atoms with van der Waals surface area (Å²) in [5.41, 5.74) is 2.36. The van der Waals surface area contributed by atoms with Gasteiger partial charge in [0, 0.05) is 58.6 Å². The number of hydrogen-bond acceptors (Lipinski definition) is 6. The quantitative estimate of drug-likeness (QED) is 0.193. The van der Waals surface area contributed by atoms with Crippen molar-refractivity contribution < 1.29 is 9.59 Å². The molecule has 0 unspecified atom stereocenters. The second-order valence-electron chi connectivity index (χ2n) is 13.7. The van der Waals surface area contributed by atoms with E-state index in [2.05, 4.69) is 52.8 Å². The van der Waals surface area contributed by atoms with E-state index in [1.807, 2.05) is 20.0 Å². The maximum atomic E-state index is 13.4. The van der Waals surface area contributed by atoms with Crippen LogP contribution in [0.3, 0.4) is 0 Å².